The molecule has 196 valence electrons. The van der Waals surface area contributed by atoms with Gasteiger partial charge in [-0.15, -0.1) is 0 Å². The standard InChI is InChI=1S/C30H50N4O/c1-2-3-4-5-6-7-8-20-30(35)34(29-19-13-17-27-16-9-10-18-28(27)29)26-15-25-33-23-12-11-22-32-24-14-21-31/h9-10,13,16-19,32-33H,2-8,11-12,14-15,20-26,31H2,1H3. The molecule has 2 rings (SSSR count). The van der Waals surface area contributed by atoms with Gasteiger partial charge in [0.15, 0.2) is 0 Å². The van der Waals surface area contributed by atoms with E-state index in [9.17, 15) is 4.79 Å². The van der Waals surface area contributed by atoms with Gasteiger partial charge in [-0.05, 0) is 76.3 Å². The van der Waals surface area contributed by atoms with E-state index in [2.05, 4.69) is 60.0 Å². The third kappa shape index (κ3) is 12.0. The molecular weight excluding hydrogens is 432 g/mol. The molecule has 0 aromatic heterocycles. The highest BCUT2D eigenvalue weighted by molar-refractivity contribution is 6.03. The van der Waals surface area contributed by atoms with Gasteiger partial charge in [0, 0.05) is 18.4 Å². The number of nitrogens with one attached hydrogen (secondary N) is 2. The average molecular weight is 483 g/mol. The van der Waals surface area contributed by atoms with Gasteiger partial charge in [0.1, 0.15) is 0 Å². The summed E-state index contributed by atoms with van der Waals surface area (Å²) in [5.74, 6) is 0.262. The van der Waals surface area contributed by atoms with Crippen molar-refractivity contribution in [1.29, 1.82) is 0 Å². The summed E-state index contributed by atoms with van der Waals surface area (Å²) in [5.41, 5.74) is 6.57. The smallest absolute Gasteiger partial charge is 0.226 e. The number of carbonyl (C=O) groups is 1. The number of unbranched alkanes of at least 4 members (excludes halogenated alkanes) is 7. The Morgan fingerprint density at radius 3 is 2.11 bits per heavy atom. The minimum absolute atomic E-state index is 0.262. The van der Waals surface area contributed by atoms with E-state index >= 15 is 0 Å². The Morgan fingerprint density at radius 2 is 1.37 bits per heavy atom. The predicted molar refractivity (Wildman–Crippen MR) is 152 cm³/mol. The van der Waals surface area contributed by atoms with Gasteiger partial charge in [0.05, 0.1) is 5.69 Å². The molecule has 1 amide bonds. The van der Waals surface area contributed by atoms with Crippen LogP contribution in [0.15, 0.2) is 42.5 Å². The van der Waals surface area contributed by atoms with Gasteiger partial charge >= 0.3 is 0 Å². The van der Waals surface area contributed by atoms with E-state index < -0.39 is 0 Å². The van der Waals surface area contributed by atoms with E-state index in [4.69, 9.17) is 5.73 Å². The lowest BCUT2D eigenvalue weighted by Gasteiger charge is -2.25. The number of hydrogen-bond donors (Lipinski definition) is 3. The van der Waals surface area contributed by atoms with Crippen molar-refractivity contribution in [2.24, 2.45) is 5.73 Å². The highest BCUT2D eigenvalue weighted by Crippen LogP contribution is 2.27. The summed E-state index contributed by atoms with van der Waals surface area (Å²) < 4.78 is 0. The Morgan fingerprint density at radius 1 is 0.743 bits per heavy atom. The minimum atomic E-state index is 0.262. The van der Waals surface area contributed by atoms with Gasteiger partial charge in [0.2, 0.25) is 5.91 Å². The first-order chi connectivity index (χ1) is 17.3. The lowest BCUT2D eigenvalue weighted by Crippen LogP contribution is -2.33. The molecule has 0 aliphatic rings. The normalized spacial score (nSPS) is 11.3. The van der Waals surface area contributed by atoms with E-state index in [1.807, 2.05) is 4.90 Å². The van der Waals surface area contributed by atoms with Crippen molar-refractivity contribution in [3.05, 3.63) is 42.5 Å². The largest absolute Gasteiger partial charge is 0.330 e. The number of benzene rings is 2. The number of nitrogens with zero attached hydrogens (tertiary/aromatic N) is 1. The summed E-state index contributed by atoms with van der Waals surface area (Å²) in [5, 5.41) is 9.35. The molecule has 0 atom stereocenters. The van der Waals surface area contributed by atoms with Gasteiger partial charge in [-0.25, -0.2) is 0 Å². The van der Waals surface area contributed by atoms with Crippen molar-refractivity contribution in [1.82, 2.24) is 10.6 Å². The Hall–Kier alpha value is -1.95. The highest BCUT2D eigenvalue weighted by Gasteiger charge is 2.17. The summed E-state index contributed by atoms with van der Waals surface area (Å²) in [6, 6.07) is 14.7. The number of anilines is 1. The molecule has 0 unspecified atom stereocenters. The summed E-state index contributed by atoms with van der Waals surface area (Å²) in [6.07, 6.45) is 13.6. The number of nitrogens with two attached hydrogens (primary N) is 1. The number of hydrogen-bond acceptors (Lipinski definition) is 4. The Balaban J connectivity index is 1.80. The average Bonchev–Trinajstić information content (AvgIpc) is 2.88. The number of carbonyl (C=O) groups excluding carboxylic acids is 1. The fraction of sp³-hybridized carbons (Fsp3) is 0.633. The molecule has 2 aromatic rings. The van der Waals surface area contributed by atoms with E-state index in [1.165, 1.54) is 50.3 Å². The fourth-order valence-corrected chi connectivity index (χ4v) is 4.53. The van der Waals surface area contributed by atoms with Gasteiger partial charge in [-0.3, -0.25) is 4.79 Å². The second-order valence-corrected chi connectivity index (χ2v) is 9.62. The second kappa shape index (κ2) is 19.3. The summed E-state index contributed by atoms with van der Waals surface area (Å²) in [4.78, 5) is 15.4. The monoisotopic (exact) mass is 482 g/mol. The summed E-state index contributed by atoms with van der Waals surface area (Å²) in [6.45, 7) is 7.80. The maximum Gasteiger partial charge on any atom is 0.226 e. The molecular formula is C30H50N4O. The van der Waals surface area contributed by atoms with Crippen LogP contribution in [0.1, 0.15) is 84.0 Å². The molecule has 0 aliphatic heterocycles. The molecule has 0 heterocycles. The molecule has 0 spiro atoms. The first kappa shape index (κ1) is 29.3. The zero-order valence-electron chi connectivity index (χ0n) is 22.2. The third-order valence-corrected chi connectivity index (χ3v) is 6.60. The zero-order chi connectivity index (χ0) is 25.0. The topological polar surface area (TPSA) is 70.4 Å². The third-order valence-electron chi connectivity index (χ3n) is 6.60. The predicted octanol–water partition coefficient (Wildman–Crippen LogP) is 6.01. The van der Waals surface area contributed by atoms with Crippen LogP contribution in [0.4, 0.5) is 5.69 Å². The van der Waals surface area contributed by atoms with Gasteiger partial charge in [-0.2, -0.15) is 0 Å². The molecule has 0 bridgehead atoms. The molecule has 0 radical (unpaired) electrons. The van der Waals surface area contributed by atoms with Crippen LogP contribution >= 0.6 is 0 Å². The van der Waals surface area contributed by atoms with Crippen LogP contribution in [0.2, 0.25) is 0 Å². The van der Waals surface area contributed by atoms with Crippen molar-refractivity contribution < 1.29 is 4.79 Å². The summed E-state index contributed by atoms with van der Waals surface area (Å²) >= 11 is 0. The van der Waals surface area contributed by atoms with E-state index in [0.29, 0.717) is 6.42 Å². The molecule has 5 nitrogen and oxygen atoms in total. The second-order valence-electron chi connectivity index (χ2n) is 9.62. The molecule has 0 saturated carbocycles. The first-order valence-corrected chi connectivity index (χ1v) is 14.2. The highest BCUT2D eigenvalue weighted by atomic mass is 16.2. The minimum Gasteiger partial charge on any atom is -0.330 e. The van der Waals surface area contributed by atoms with Crippen molar-refractivity contribution >= 4 is 22.4 Å². The quantitative estimate of drug-likeness (QED) is 0.191. The Labute approximate surface area is 214 Å². The van der Waals surface area contributed by atoms with Crippen LogP contribution in [0.25, 0.3) is 10.8 Å². The lowest BCUT2D eigenvalue weighted by atomic mass is 10.1. The van der Waals surface area contributed by atoms with Crippen molar-refractivity contribution in [2.45, 2.75) is 84.0 Å². The fourth-order valence-electron chi connectivity index (χ4n) is 4.53. The van der Waals surface area contributed by atoms with Crippen LogP contribution in [0, 0.1) is 0 Å². The van der Waals surface area contributed by atoms with Crippen molar-refractivity contribution in [2.75, 3.05) is 44.2 Å². The Kier molecular flexibility index (Phi) is 16.1. The van der Waals surface area contributed by atoms with Crippen LogP contribution in [0.3, 0.4) is 0 Å². The van der Waals surface area contributed by atoms with Crippen molar-refractivity contribution in [3.63, 3.8) is 0 Å². The van der Waals surface area contributed by atoms with Crippen LogP contribution in [-0.2, 0) is 4.79 Å². The van der Waals surface area contributed by atoms with Crippen LogP contribution in [0.5, 0.6) is 0 Å². The van der Waals surface area contributed by atoms with E-state index in [0.717, 1.165) is 76.0 Å². The lowest BCUT2D eigenvalue weighted by molar-refractivity contribution is -0.118. The maximum atomic E-state index is 13.3. The molecule has 4 N–H and O–H groups in total. The number of rotatable bonds is 21. The molecule has 5 heteroatoms. The Bertz CT molecular complexity index is 805. The molecule has 35 heavy (non-hydrogen) atoms. The van der Waals surface area contributed by atoms with E-state index in [1.54, 1.807) is 0 Å². The summed E-state index contributed by atoms with van der Waals surface area (Å²) in [7, 11) is 0. The van der Waals surface area contributed by atoms with Crippen LogP contribution in [-0.4, -0.2) is 45.2 Å². The molecule has 0 aliphatic carbocycles. The van der Waals surface area contributed by atoms with E-state index in [-0.39, 0.29) is 5.91 Å². The zero-order valence-corrected chi connectivity index (χ0v) is 22.2. The molecule has 0 fully saturated rings. The van der Waals surface area contributed by atoms with Gasteiger partial charge in [-0.1, -0.05) is 81.8 Å². The number of amides is 1. The maximum absolute atomic E-state index is 13.3. The van der Waals surface area contributed by atoms with Crippen LogP contribution < -0.4 is 21.3 Å². The number of fused-ring (bicyclic) bond motifs is 1. The molecule has 0 saturated heterocycles. The molecule has 2 aromatic carbocycles. The van der Waals surface area contributed by atoms with Crippen molar-refractivity contribution in [3.8, 4) is 0 Å². The van der Waals surface area contributed by atoms with Gasteiger partial charge < -0.3 is 21.3 Å². The SMILES string of the molecule is CCCCCCCCCC(=O)N(CCCNCCCCNCCCN)c1cccc2ccccc12. The first-order valence-electron chi connectivity index (χ1n) is 14.2. The van der Waals surface area contributed by atoms with Gasteiger partial charge in [0.25, 0.3) is 0 Å².